The van der Waals surface area contributed by atoms with Crippen LogP contribution in [-0.4, -0.2) is 35.0 Å². The van der Waals surface area contributed by atoms with Crippen molar-refractivity contribution in [1.29, 1.82) is 0 Å². The third-order valence-corrected chi connectivity index (χ3v) is 5.55. The van der Waals surface area contributed by atoms with Gasteiger partial charge in [-0.25, -0.2) is 4.98 Å². The van der Waals surface area contributed by atoms with Crippen molar-refractivity contribution in [1.82, 2.24) is 4.98 Å². The van der Waals surface area contributed by atoms with Crippen LogP contribution >= 0.6 is 22.7 Å². The summed E-state index contributed by atoms with van der Waals surface area (Å²) in [6, 6.07) is 3.64. The minimum absolute atomic E-state index is 0.0257. The number of ether oxygens (including phenoxy) is 1. The molecule has 1 N–H and O–H groups in total. The van der Waals surface area contributed by atoms with Crippen LogP contribution in [0.4, 0.5) is 5.13 Å². The molecule has 9 heteroatoms. The summed E-state index contributed by atoms with van der Waals surface area (Å²) >= 11 is 2.62. The van der Waals surface area contributed by atoms with Crippen molar-refractivity contribution in [2.24, 2.45) is 0 Å². The van der Waals surface area contributed by atoms with Crippen molar-refractivity contribution in [3.05, 3.63) is 33.0 Å². The van der Waals surface area contributed by atoms with Crippen molar-refractivity contribution in [2.45, 2.75) is 46.0 Å². The number of amides is 1. The van der Waals surface area contributed by atoms with Gasteiger partial charge in [0.1, 0.15) is 5.78 Å². The molecule has 0 saturated carbocycles. The summed E-state index contributed by atoms with van der Waals surface area (Å²) in [5, 5.41) is 4.67. The molecule has 2 rings (SSSR count). The van der Waals surface area contributed by atoms with Gasteiger partial charge in [0, 0.05) is 35.9 Å². The molecule has 0 aromatic carbocycles. The maximum atomic E-state index is 12.0. The third kappa shape index (κ3) is 7.32. The fourth-order valence-electron chi connectivity index (χ4n) is 2.33. The summed E-state index contributed by atoms with van der Waals surface area (Å²) < 4.78 is 4.85. The van der Waals surface area contributed by atoms with E-state index in [-0.39, 0.29) is 55.5 Å². The van der Waals surface area contributed by atoms with Crippen LogP contribution in [0.5, 0.6) is 0 Å². The molecule has 2 aromatic heterocycles. The van der Waals surface area contributed by atoms with Crippen molar-refractivity contribution in [2.75, 3.05) is 11.9 Å². The predicted molar refractivity (Wildman–Crippen MR) is 108 cm³/mol. The standard InChI is InChI=1S/C19H22N2O5S2/c1-3-26-18(25)10-13-11-27-19(20-13)21-17(24)9-6-14(22)5-7-15(23)16-8-4-12(2)28-16/h4,8,11H,3,5-7,9-10H2,1-2H3,(H,20,21,24). The number of esters is 1. The van der Waals surface area contributed by atoms with E-state index >= 15 is 0 Å². The number of ketones is 2. The van der Waals surface area contributed by atoms with Gasteiger partial charge in [-0.05, 0) is 26.0 Å². The molecule has 7 nitrogen and oxygen atoms in total. The van der Waals surface area contributed by atoms with E-state index in [0.29, 0.717) is 22.3 Å². The molecular formula is C19H22N2O5S2. The first-order valence-electron chi connectivity index (χ1n) is 8.88. The number of thiophene rings is 1. The highest BCUT2D eigenvalue weighted by atomic mass is 32.1. The molecule has 2 aromatic rings. The van der Waals surface area contributed by atoms with Gasteiger partial charge >= 0.3 is 5.97 Å². The topological polar surface area (TPSA) is 102 Å². The first-order chi connectivity index (χ1) is 13.4. The largest absolute Gasteiger partial charge is 0.466 e. The quantitative estimate of drug-likeness (QED) is 0.439. The summed E-state index contributed by atoms with van der Waals surface area (Å²) in [6.45, 7) is 3.96. The third-order valence-electron chi connectivity index (χ3n) is 3.71. The van der Waals surface area contributed by atoms with E-state index in [1.165, 1.54) is 22.7 Å². The Bertz CT molecular complexity index is 856. The molecule has 0 aliphatic carbocycles. The van der Waals surface area contributed by atoms with Crippen LogP contribution in [0.1, 0.15) is 52.8 Å². The number of Topliss-reactive ketones (excluding diaryl/α,β-unsaturated/α-hetero) is 2. The second-order valence-corrected chi connectivity index (χ2v) is 8.19. The summed E-state index contributed by atoms with van der Waals surface area (Å²) in [4.78, 5) is 53.2. The summed E-state index contributed by atoms with van der Waals surface area (Å²) in [5.74, 6) is -0.874. The Labute approximate surface area is 171 Å². The minimum atomic E-state index is -0.372. The Morgan fingerprint density at radius 3 is 2.54 bits per heavy atom. The van der Waals surface area contributed by atoms with Crippen LogP contribution in [-0.2, 0) is 25.5 Å². The molecule has 0 saturated heterocycles. The summed E-state index contributed by atoms with van der Waals surface area (Å²) in [7, 11) is 0. The van der Waals surface area contributed by atoms with Gasteiger partial charge in [0.15, 0.2) is 10.9 Å². The number of rotatable bonds is 11. The molecule has 0 spiro atoms. The number of hydrogen-bond donors (Lipinski definition) is 1. The number of thiazole rings is 1. The lowest BCUT2D eigenvalue weighted by molar-refractivity contribution is -0.142. The van der Waals surface area contributed by atoms with Crippen LogP contribution in [0.25, 0.3) is 0 Å². The molecule has 0 atom stereocenters. The van der Waals surface area contributed by atoms with Crippen LogP contribution in [0.15, 0.2) is 17.5 Å². The molecule has 1 amide bonds. The predicted octanol–water partition coefficient (Wildman–Crippen LogP) is 3.57. The Morgan fingerprint density at radius 2 is 1.86 bits per heavy atom. The van der Waals surface area contributed by atoms with Gasteiger partial charge in [-0.3, -0.25) is 19.2 Å². The summed E-state index contributed by atoms with van der Waals surface area (Å²) in [6.07, 6.45) is 0.437. The van der Waals surface area contributed by atoms with Crippen molar-refractivity contribution >= 4 is 51.2 Å². The van der Waals surface area contributed by atoms with Gasteiger partial charge in [-0.2, -0.15) is 0 Å². The molecule has 0 aliphatic rings. The minimum Gasteiger partial charge on any atom is -0.466 e. The van der Waals surface area contributed by atoms with Crippen LogP contribution in [0.2, 0.25) is 0 Å². The SMILES string of the molecule is CCOC(=O)Cc1csc(NC(=O)CCC(=O)CCC(=O)c2ccc(C)s2)n1. The van der Waals surface area contributed by atoms with Gasteiger partial charge in [-0.1, -0.05) is 0 Å². The monoisotopic (exact) mass is 422 g/mol. The van der Waals surface area contributed by atoms with Crippen molar-refractivity contribution in [3.8, 4) is 0 Å². The van der Waals surface area contributed by atoms with E-state index in [9.17, 15) is 19.2 Å². The molecular weight excluding hydrogens is 400 g/mol. The zero-order chi connectivity index (χ0) is 20.5. The lowest BCUT2D eigenvalue weighted by Crippen LogP contribution is -2.14. The lowest BCUT2D eigenvalue weighted by atomic mass is 10.1. The van der Waals surface area contributed by atoms with E-state index in [1.54, 1.807) is 18.4 Å². The normalized spacial score (nSPS) is 10.5. The van der Waals surface area contributed by atoms with E-state index in [4.69, 9.17) is 4.74 Å². The van der Waals surface area contributed by atoms with Crippen LogP contribution in [0, 0.1) is 6.92 Å². The average molecular weight is 423 g/mol. The second kappa shape index (κ2) is 10.8. The number of carbonyl (C=O) groups is 4. The molecule has 0 fully saturated rings. The van der Waals surface area contributed by atoms with Gasteiger partial charge in [0.05, 0.1) is 23.6 Å². The molecule has 28 heavy (non-hydrogen) atoms. The number of nitrogens with one attached hydrogen (secondary N) is 1. The number of aryl methyl sites for hydroxylation is 1. The van der Waals surface area contributed by atoms with Crippen LogP contribution in [0.3, 0.4) is 0 Å². The smallest absolute Gasteiger partial charge is 0.311 e. The highest BCUT2D eigenvalue weighted by molar-refractivity contribution is 7.14. The maximum absolute atomic E-state index is 12.0. The maximum Gasteiger partial charge on any atom is 0.311 e. The van der Waals surface area contributed by atoms with E-state index in [1.807, 2.05) is 13.0 Å². The molecule has 0 bridgehead atoms. The number of anilines is 1. The van der Waals surface area contributed by atoms with Gasteiger partial charge in [0.25, 0.3) is 0 Å². The van der Waals surface area contributed by atoms with Gasteiger partial charge < -0.3 is 10.1 Å². The fourth-order valence-corrected chi connectivity index (χ4v) is 3.89. The molecule has 0 radical (unpaired) electrons. The average Bonchev–Trinajstić information content (AvgIpc) is 3.27. The highest BCUT2D eigenvalue weighted by Gasteiger charge is 2.14. The molecule has 0 unspecified atom stereocenters. The van der Waals surface area contributed by atoms with Gasteiger partial charge in [0.2, 0.25) is 5.91 Å². The Kier molecular flexibility index (Phi) is 8.46. The Morgan fingerprint density at radius 1 is 1.11 bits per heavy atom. The zero-order valence-electron chi connectivity index (χ0n) is 15.8. The Hall–Kier alpha value is -2.39. The zero-order valence-corrected chi connectivity index (χ0v) is 17.4. The van der Waals surface area contributed by atoms with Crippen LogP contribution < -0.4 is 5.32 Å². The van der Waals surface area contributed by atoms with Crippen molar-refractivity contribution in [3.63, 3.8) is 0 Å². The van der Waals surface area contributed by atoms with E-state index in [2.05, 4.69) is 10.3 Å². The number of carbonyl (C=O) groups excluding carboxylic acids is 4. The number of aromatic nitrogens is 1. The highest BCUT2D eigenvalue weighted by Crippen LogP contribution is 2.18. The second-order valence-electron chi connectivity index (χ2n) is 6.05. The molecule has 0 aliphatic heterocycles. The van der Waals surface area contributed by atoms with Gasteiger partial charge in [-0.15, -0.1) is 22.7 Å². The lowest BCUT2D eigenvalue weighted by Gasteiger charge is -2.02. The molecule has 150 valence electrons. The first kappa shape index (κ1) is 21.9. The van der Waals surface area contributed by atoms with Crippen molar-refractivity contribution < 1.29 is 23.9 Å². The fraction of sp³-hybridized carbons (Fsp3) is 0.421. The van der Waals surface area contributed by atoms with E-state index < -0.39 is 0 Å². The number of nitrogens with zero attached hydrogens (tertiary/aromatic N) is 1. The Balaban J connectivity index is 1.69. The number of hydrogen-bond acceptors (Lipinski definition) is 8. The first-order valence-corrected chi connectivity index (χ1v) is 10.6. The van der Waals surface area contributed by atoms with E-state index in [0.717, 1.165) is 4.88 Å². The molecule has 2 heterocycles. The summed E-state index contributed by atoms with van der Waals surface area (Å²) in [5.41, 5.74) is 0.525.